The highest BCUT2D eigenvalue weighted by atomic mass is 35.5. The predicted molar refractivity (Wildman–Crippen MR) is 136 cm³/mol. The maximum absolute atomic E-state index is 13.5. The summed E-state index contributed by atoms with van der Waals surface area (Å²) in [6, 6.07) is 11.4. The van der Waals surface area contributed by atoms with Crippen molar-refractivity contribution in [3.63, 3.8) is 0 Å². The van der Waals surface area contributed by atoms with Gasteiger partial charge < -0.3 is 9.32 Å². The number of aromatic nitrogens is 4. The minimum Gasteiger partial charge on any atom is -0.449 e. The summed E-state index contributed by atoms with van der Waals surface area (Å²) in [7, 11) is 0. The lowest BCUT2D eigenvalue weighted by atomic mass is 10.1. The molecule has 4 aromatic rings. The zero-order chi connectivity index (χ0) is 23.2. The minimum absolute atomic E-state index is 0. The molecule has 0 radical (unpaired) electrons. The number of carbonyl (C=O) groups excluding carboxylic acids is 1. The van der Waals surface area contributed by atoms with Gasteiger partial charge in [-0.3, -0.25) is 15.2 Å². The van der Waals surface area contributed by atoms with E-state index in [-0.39, 0.29) is 24.5 Å². The van der Waals surface area contributed by atoms with Crippen molar-refractivity contribution in [1.29, 1.82) is 0 Å². The number of nitrogens with one attached hydrogen (secondary N) is 1. The van der Waals surface area contributed by atoms with Crippen molar-refractivity contribution in [3.05, 3.63) is 66.6 Å². The minimum atomic E-state index is -0.246. The number of aryl methyl sites for hydroxylation is 2. The first-order chi connectivity index (χ1) is 16.5. The lowest BCUT2D eigenvalue weighted by Crippen LogP contribution is -2.48. The first kappa shape index (κ1) is 22.8. The van der Waals surface area contributed by atoms with Gasteiger partial charge in [0.25, 0.3) is 0 Å². The standard InChI is InChI=1S/C25H23N7O2.ClH/c1-15-11-17(5-8-26-15)20-3-4-22-24(29-20)32(19-7-10-31(22)13-19)25(33)30-23-12-18(6-9-27-23)21-14-34-16(2)28-21;/h3-6,8-9,11-12,14,19H,7,10,13H2,1-2H3,(H,27,30,33);1H/t19-;/m0./s1. The van der Waals surface area contributed by atoms with Gasteiger partial charge in [-0.05, 0) is 49.7 Å². The Morgan fingerprint density at radius 2 is 1.83 bits per heavy atom. The van der Waals surface area contributed by atoms with E-state index in [1.807, 2.05) is 31.2 Å². The number of amides is 2. The van der Waals surface area contributed by atoms with Gasteiger partial charge in [-0.15, -0.1) is 12.4 Å². The van der Waals surface area contributed by atoms with Gasteiger partial charge in [-0.1, -0.05) is 0 Å². The average molecular weight is 490 g/mol. The third-order valence-electron chi connectivity index (χ3n) is 6.27. The molecule has 0 spiro atoms. The van der Waals surface area contributed by atoms with Gasteiger partial charge in [-0.25, -0.2) is 19.7 Å². The highest BCUT2D eigenvalue weighted by Crippen LogP contribution is 2.40. The number of halogens is 1. The highest BCUT2D eigenvalue weighted by Gasteiger charge is 2.40. The van der Waals surface area contributed by atoms with Crippen LogP contribution in [0.2, 0.25) is 0 Å². The molecule has 1 saturated heterocycles. The van der Waals surface area contributed by atoms with Gasteiger partial charge >= 0.3 is 6.03 Å². The molecule has 35 heavy (non-hydrogen) atoms. The van der Waals surface area contributed by atoms with Crippen LogP contribution in [-0.2, 0) is 0 Å². The number of fused-ring (bicyclic) bond motifs is 4. The second-order valence-electron chi connectivity index (χ2n) is 8.60. The second-order valence-corrected chi connectivity index (χ2v) is 8.60. The largest absolute Gasteiger partial charge is 0.449 e. The highest BCUT2D eigenvalue weighted by molar-refractivity contribution is 6.04. The van der Waals surface area contributed by atoms with Gasteiger partial charge in [0.15, 0.2) is 11.7 Å². The lowest BCUT2D eigenvalue weighted by molar-refractivity contribution is 0.254. The topological polar surface area (TPSA) is 100 Å². The average Bonchev–Trinajstić information content (AvgIpc) is 3.46. The summed E-state index contributed by atoms with van der Waals surface area (Å²) in [6.45, 7) is 5.44. The molecule has 0 aliphatic carbocycles. The van der Waals surface area contributed by atoms with E-state index in [1.54, 1.807) is 36.5 Å². The number of urea groups is 1. The molecule has 9 nitrogen and oxygen atoms in total. The van der Waals surface area contributed by atoms with Crippen molar-refractivity contribution in [1.82, 2.24) is 19.9 Å². The fourth-order valence-corrected chi connectivity index (χ4v) is 4.66. The molecule has 2 aliphatic heterocycles. The molecule has 2 amide bonds. The number of oxazole rings is 1. The van der Waals surface area contributed by atoms with Gasteiger partial charge in [0, 0.05) is 49.2 Å². The van der Waals surface area contributed by atoms with Gasteiger partial charge in [0.05, 0.1) is 17.4 Å². The van der Waals surface area contributed by atoms with Crippen molar-refractivity contribution in [2.75, 3.05) is 28.2 Å². The maximum Gasteiger partial charge on any atom is 0.329 e. The summed E-state index contributed by atoms with van der Waals surface area (Å²) in [5, 5.41) is 2.97. The van der Waals surface area contributed by atoms with E-state index in [0.29, 0.717) is 23.2 Å². The molecule has 1 atom stereocenters. The van der Waals surface area contributed by atoms with E-state index in [9.17, 15) is 4.79 Å². The summed E-state index contributed by atoms with van der Waals surface area (Å²) >= 11 is 0. The van der Waals surface area contributed by atoms with Crippen LogP contribution in [0.25, 0.3) is 22.5 Å². The van der Waals surface area contributed by atoms with Crippen LogP contribution in [-0.4, -0.2) is 45.1 Å². The molecule has 0 unspecified atom stereocenters. The van der Waals surface area contributed by atoms with E-state index in [0.717, 1.165) is 47.7 Å². The Morgan fingerprint density at radius 1 is 1.03 bits per heavy atom. The number of nitrogens with zero attached hydrogens (tertiary/aromatic N) is 6. The zero-order valence-corrected chi connectivity index (χ0v) is 20.1. The molecule has 10 heteroatoms. The Balaban J connectivity index is 0.00000253. The molecule has 0 aromatic carbocycles. The van der Waals surface area contributed by atoms with Crippen LogP contribution in [0.15, 0.2) is 59.5 Å². The molecule has 178 valence electrons. The van der Waals surface area contributed by atoms with Gasteiger partial charge in [0.1, 0.15) is 17.8 Å². The van der Waals surface area contributed by atoms with Crippen LogP contribution in [0, 0.1) is 13.8 Å². The molecule has 4 aromatic heterocycles. The molecule has 2 bridgehead atoms. The van der Waals surface area contributed by atoms with Crippen molar-refractivity contribution < 1.29 is 9.21 Å². The van der Waals surface area contributed by atoms with Crippen LogP contribution in [0.1, 0.15) is 18.0 Å². The molecule has 6 rings (SSSR count). The van der Waals surface area contributed by atoms with Gasteiger partial charge in [0.2, 0.25) is 0 Å². The van der Waals surface area contributed by atoms with E-state index >= 15 is 0 Å². The summed E-state index contributed by atoms with van der Waals surface area (Å²) in [6.07, 6.45) is 5.91. The molecule has 2 aliphatic rings. The van der Waals surface area contributed by atoms with Crippen LogP contribution in [0.5, 0.6) is 0 Å². The SMILES string of the molecule is Cc1cc(-c2ccc3c(n2)N(C(=O)Nc2cc(-c4coc(C)n4)ccn2)[C@H]2CCN3C2)ccn1.Cl. The Labute approximate surface area is 208 Å². The predicted octanol–water partition coefficient (Wildman–Crippen LogP) is 4.86. The number of hydrogen-bond donors (Lipinski definition) is 1. The zero-order valence-electron chi connectivity index (χ0n) is 19.3. The number of rotatable bonds is 3. The van der Waals surface area contributed by atoms with Crippen LogP contribution in [0.3, 0.4) is 0 Å². The molecular weight excluding hydrogens is 466 g/mol. The molecule has 1 N–H and O–H groups in total. The van der Waals surface area contributed by atoms with Crippen molar-refractivity contribution in [2.24, 2.45) is 0 Å². The van der Waals surface area contributed by atoms with Crippen molar-refractivity contribution in [3.8, 4) is 22.5 Å². The Morgan fingerprint density at radius 3 is 2.60 bits per heavy atom. The fourth-order valence-electron chi connectivity index (χ4n) is 4.66. The summed E-state index contributed by atoms with van der Waals surface area (Å²) in [5.41, 5.74) is 5.19. The van der Waals surface area contributed by atoms with E-state index < -0.39 is 0 Å². The number of hydrogen-bond acceptors (Lipinski definition) is 7. The Hall–Kier alpha value is -3.98. The molecule has 6 heterocycles. The molecular formula is C25H24ClN7O2. The summed E-state index contributed by atoms with van der Waals surface area (Å²) in [4.78, 5) is 35.5. The van der Waals surface area contributed by atoms with Gasteiger partial charge in [-0.2, -0.15) is 0 Å². The van der Waals surface area contributed by atoms with Crippen molar-refractivity contribution >= 4 is 35.8 Å². The second kappa shape index (κ2) is 8.99. The lowest BCUT2D eigenvalue weighted by Gasteiger charge is -2.35. The Kier molecular flexibility index (Phi) is 5.86. The van der Waals surface area contributed by atoms with Crippen LogP contribution >= 0.6 is 12.4 Å². The van der Waals surface area contributed by atoms with Crippen molar-refractivity contribution in [2.45, 2.75) is 26.3 Å². The number of anilines is 3. The van der Waals surface area contributed by atoms with E-state index in [2.05, 4.69) is 31.2 Å². The van der Waals surface area contributed by atoms with Crippen LogP contribution in [0.4, 0.5) is 22.1 Å². The quantitative estimate of drug-likeness (QED) is 0.438. The summed E-state index contributed by atoms with van der Waals surface area (Å²) in [5.74, 6) is 1.70. The third kappa shape index (κ3) is 4.19. The van der Waals surface area contributed by atoms with E-state index in [4.69, 9.17) is 9.40 Å². The van der Waals surface area contributed by atoms with Crippen LogP contribution < -0.4 is 15.1 Å². The first-order valence-corrected chi connectivity index (χ1v) is 11.2. The normalized spacial score (nSPS) is 16.0. The monoisotopic (exact) mass is 489 g/mol. The molecule has 1 fully saturated rings. The third-order valence-corrected chi connectivity index (χ3v) is 6.27. The van der Waals surface area contributed by atoms with E-state index in [1.165, 1.54) is 0 Å². The summed E-state index contributed by atoms with van der Waals surface area (Å²) < 4.78 is 5.32. The smallest absolute Gasteiger partial charge is 0.329 e. The maximum atomic E-state index is 13.5. The number of pyridine rings is 3. The first-order valence-electron chi connectivity index (χ1n) is 11.2. The Bertz CT molecular complexity index is 1410. The number of carbonyl (C=O) groups is 1. The molecule has 0 saturated carbocycles. The fraction of sp³-hybridized carbons (Fsp3) is 0.240.